The fraction of sp³-hybridized carbons (Fsp3) is 0.222. The van der Waals surface area contributed by atoms with Crippen LogP contribution in [0.4, 0.5) is 5.69 Å². The lowest BCUT2D eigenvalue weighted by molar-refractivity contribution is -0.386. The molecule has 0 aromatic heterocycles. The second-order valence-corrected chi connectivity index (χ2v) is 8.57. The molecule has 0 fully saturated rings. The van der Waals surface area contributed by atoms with E-state index in [1.807, 2.05) is 60.7 Å². The van der Waals surface area contributed by atoms with Gasteiger partial charge < -0.3 is 15.2 Å². The molecule has 192 valence electrons. The number of carbonyl (C=O) groups is 2. The quantitative estimate of drug-likeness (QED) is 0.218. The van der Waals surface area contributed by atoms with Gasteiger partial charge in [0.05, 0.1) is 24.2 Å². The van der Waals surface area contributed by atoms with Crippen LogP contribution in [0.2, 0.25) is 0 Å². The molecule has 0 aliphatic heterocycles. The van der Waals surface area contributed by atoms with Gasteiger partial charge in [0.25, 0.3) is 5.91 Å². The third kappa shape index (κ3) is 6.69. The van der Waals surface area contributed by atoms with Crippen LogP contribution < -0.4 is 15.5 Å². The molecule has 0 aliphatic rings. The van der Waals surface area contributed by atoms with Crippen LogP contribution in [0.5, 0.6) is 11.5 Å². The van der Waals surface area contributed by atoms with E-state index in [4.69, 9.17) is 4.74 Å². The Labute approximate surface area is 214 Å². The van der Waals surface area contributed by atoms with Crippen molar-refractivity contribution in [3.63, 3.8) is 0 Å². The average molecular weight is 505 g/mol. The highest BCUT2D eigenvalue weighted by atomic mass is 16.6. The van der Waals surface area contributed by atoms with Gasteiger partial charge in [-0.25, -0.2) is 5.43 Å². The Balaban J connectivity index is 1.78. The summed E-state index contributed by atoms with van der Waals surface area (Å²) in [5.74, 6) is -2.50. The number of phenols is 1. The molecule has 0 heterocycles. The number of benzene rings is 3. The van der Waals surface area contributed by atoms with Crippen LogP contribution in [0.3, 0.4) is 0 Å². The first kappa shape index (κ1) is 26.9. The molecule has 0 spiro atoms. The zero-order chi connectivity index (χ0) is 26.9. The van der Waals surface area contributed by atoms with E-state index in [1.165, 1.54) is 19.4 Å². The first-order chi connectivity index (χ1) is 17.7. The molecule has 2 amide bonds. The molecule has 10 heteroatoms. The molecule has 10 nitrogen and oxygen atoms in total. The van der Waals surface area contributed by atoms with Crippen LogP contribution in [-0.4, -0.2) is 41.2 Å². The van der Waals surface area contributed by atoms with E-state index < -0.39 is 34.2 Å². The number of ether oxygens (including phenoxy) is 1. The summed E-state index contributed by atoms with van der Waals surface area (Å²) in [6, 6.07) is 20.1. The maximum Gasteiger partial charge on any atom is 0.315 e. The number of hydrogen-bond acceptors (Lipinski definition) is 7. The molecule has 37 heavy (non-hydrogen) atoms. The Morgan fingerprint density at radius 3 is 2.05 bits per heavy atom. The topological polar surface area (TPSA) is 143 Å². The highest BCUT2D eigenvalue weighted by molar-refractivity contribution is 5.93. The average Bonchev–Trinajstić information content (AvgIpc) is 2.89. The molecule has 3 N–H and O–H groups in total. The Hall–Kier alpha value is -4.73. The number of rotatable bonds is 10. The van der Waals surface area contributed by atoms with Gasteiger partial charge in [-0.2, -0.15) is 5.10 Å². The number of nitro benzene ring substituents is 1. The van der Waals surface area contributed by atoms with Crippen LogP contribution in [-0.2, 0) is 9.59 Å². The van der Waals surface area contributed by atoms with Crippen molar-refractivity contribution < 1.29 is 24.4 Å². The summed E-state index contributed by atoms with van der Waals surface area (Å²) in [6.07, 6.45) is 1.18. The predicted octanol–water partition coefficient (Wildman–Crippen LogP) is 3.73. The minimum atomic E-state index is -0.900. The van der Waals surface area contributed by atoms with E-state index in [0.717, 1.165) is 17.2 Å². The minimum absolute atomic E-state index is 0.109. The van der Waals surface area contributed by atoms with E-state index in [9.17, 15) is 24.8 Å². The SMILES string of the molecule is COc1cc(/C=N\NC(=O)[C@H](NC(=O)C(c2ccccc2)c2ccccc2)C(C)C)cc([N+](=O)[O-])c1O. The van der Waals surface area contributed by atoms with Gasteiger partial charge in [-0.1, -0.05) is 74.5 Å². The molecular formula is C27H28N4O6. The number of hydrogen-bond donors (Lipinski definition) is 3. The normalized spacial score (nSPS) is 11.9. The molecule has 3 aromatic carbocycles. The third-order valence-electron chi connectivity index (χ3n) is 5.66. The second kappa shape index (κ2) is 12.3. The van der Waals surface area contributed by atoms with E-state index in [-0.39, 0.29) is 23.1 Å². The fourth-order valence-corrected chi connectivity index (χ4v) is 3.78. The van der Waals surface area contributed by atoms with E-state index in [0.29, 0.717) is 0 Å². The Morgan fingerprint density at radius 2 is 1.57 bits per heavy atom. The summed E-state index contributed by atoms with van der Waals surface area (Å²) in [6.45, 7) is 3.59. The number of methoxy groups -OCH3 is 1. The summed E-state index contributed by atoms with van der Waals surface area (Å²) in [4.78, 5) is 36.8. The molecule has 0 unspecified atom stereocenters. The van der Waals surface area contributed by atoms with Crippen molar-refractivity contribution >= 4 is 23.7 Å². The zero-order valence-corrected chi connectivity index (χ0v) is 20.6. The lowest BCUT2D eigenvalue weighted by Crippen LogP contribution is -2.50. The first-order valence-electron chi connectivity index (χ1n) is 11.5. The molecule has 0 aliphatic carbocycles. The number of nitro groups is 1. The summed E-state index contributed by atoms with van der Waals surface area (Å²) in [5.41, 5.74) is 3.61. The first-order valence-corrected chi connectivity index (χ1v) is 11.5. The van der Waals surface area contributed by atoms with Crippen molar-refractivity contribution in [3.05, 3.63) is 99.6 Å². The summed E-state index contributed by atoms with van der Waals surface area (Å²) in [5, 5.41) is 27.8. The van der Waals surface area contributed by atoms with Crippen LogP contribution in [0, 0.1) is 16.0 Å². The number of nitrogens with zero attached hydrogens (tertiary/aromatic N) is 2. The number of amides is 2. The van der Waals surface area contributed by atoms with Crippen molar-refractivity contribution in [1.29, 1.82) is 0 Å². The second-order valence-electron chi connectivity index (χ2n) is 8.57. The molecule has 3 rings (SSSR count). The highest BCUT2D eigenvalue weighted by Gasteiger charge is 2.29. The molecule has 0 saturated carbocycles. The van der Waals surface area contributed by atoms with Crippen molar-refractivity contribution in [1.82, 2.24) is 10.7 Å². The minimum Gasteiger partial charge on any atom is -0.500 e. The Morgan fingerprint density at radius 1 is 1.00 bits per heavy atom. The van der Waals surface area contributed by atoms with Crippen molar-refractivity contribution in [2.75, 3.05) is 7.11 Å². The number of carbonyl (C=O) groups excluding carboxylic acids is 2. The molecule has 0 bridgehead atoms. The van der Waals surface area contributed by atoms with Gasteiger partial charge in [0.15, 0.2) is 5.75 Å². The van der Waals surface area contributed by atoms with Crippen molar-refractivity contribution in [2.45, 2.75) is 25.8 Å². The van der Waals surface area contributed by atoms with Gasteiger partial charge >= 0.3 is 5.69 Å². The maximum absolute atomic E-state index is 13.4. The standard InChI is InChI=1S/C27H28N4O6/c1-17(2)24(27(34)30-28-16-18-14-21(31(35)36)25(32)22(15-18)37-3)29-26(33)23(19-10-6-4-7-11-19)20-12-8-5-9-13-20/h4-17,23-24,32H,1-3H3,(H,29,33)(H,30,34)/b28-16-/t24-/m1/s1. The smallest absolute Gasteiger partial charge is 0.315 e. The van der Waals surface area contributed by atoms with Gasteiger partial charge in [0.1, 0.15) is 6.04 Å². The van der Waals surface area contributed by atoms with Gasteiger partial charge in [-0.15, -0.1) is 0 Å². The molecular weight excluding hydrogens is 476 g/mol. The molecule has 0 radical (unpaired) electrons. The van der Waals surface area contributed by atoms with Gasteiger partial charge in [0.2, 0.25) is 11.7 Å². The van der Waals surface area contributed by atoms with E-state index >= 15 is 0 Å². The molecule has 1 atom stereocenters. The number of aromatic hydroxyl groups is 1. The molecule has 3 aromatic rings. The zero-order valence-electron chi connectivity index (χ0n) is 20.6. The third-order valence-corrected chi connectivity index (χ3v) is 5.66. The largest absolute Gasteiger partial charge is 0.500 e. The Kier molecular flexibility index (Phi) is 8.93. The van der Waals surface area contributed by atoms with Gasteiger partial charge in [-0.05, 0) is 23.1 Å². The molecule has 0 saturated heterocycles. The lowest BCUT2D eigenvalue weighted by Gasteiger charge is -2.24. The van der Waals surface area contributed by atoms with E-state index in [2.05, 4.69) is 15.8 Å². The fourth-order valence-electron chi connectivity index (χ4n) is 3.78. The van der Waals surface area contributed by atoms with Gasteiger partial charge in [0, 0.05) is 11.6 Å². The van der Waals surface area contributed by atoms with E-state index in [1.54, 1.807) is 13.8 Å². The summed E-state index contributed by atoms with van der Waals surface area (Å²) in [7, 11) is 1.26. The highest BCUT2D eigenvalue weighted by Crippen LogP contribution is 2.36. The number of nitrogens with one attached hydrogen (secondary N) is 2. The van der Waals surface area contributed by atoms with Crippen molar-refractivity contribution in [2.24, 2.45) is 11.0 Å². The van der Waals surface area contributed by atoms with Crippen LogP contribution in [0.25, 0.3) is 0 Å². The van der Waals surface area contributed by atoms with Crippen molar-refractivity contribution in [3.8, 4) is 11.5 Å². The van der Waals surface area contributed by atoms with Crippen LogP contribution in [0.15, 0.2) is 77.9 Å². The van der Waals surface area contributed by atoms with Crippen LogP contribution in [0.1, 0.15) is 36.5 Å². The number of phenolic OH excluding ortho intramolecular Hbond substituents is 1. The van der Waals surface area contributed by atoms with Gasteiger partial charge in [-0.3, -0.25) is 19.7 Å². The predicted molar refractivity (Wildman–Crippen MR) is 139 cm³/mol. The monoisotopic (exact) mass is 504 g/mol. The Bertz CT molecular complexity index is 1240. The summed E-state index contributed by atoms with van der Waals surface area (Å²) >= 11 is 0. The van der Waals surface area contributed by atoms with Crippen LogP contribution >= 0.6 is 0 Å². The number of hydrazone groups is 1. The summed E-state index contributed by atoms with van der Waals surface area (Å²) < 4.78 is 4.96. The maximum atomic E-state index is 13.4. The lowest BCUT2D eigenvalue weighted by atomic mass is 9.89.